The van der Waals surface area contributed by atoms with Crippen LogP contribution in [0.15, 0.2) is 46.9 Å². The fraction of sp³-hybridized carbons (Fsp3) is 0.200. The Morgan fingerprint density at radius 3 is 2.48 bits per heavy atom. The molecule has 2 aromatic rings. The van der Waals surface area contributed by atoms with Gasteiger partial charge in [0.15, 0.2) is 0 Å². The molecule has 0 saturated carbocycles. The summed E-state index contributed by atoms with van der Waals surface area (Å²) in [5.74, 6) is 0. The molecule has 0 heterocycles. The maximum absolute atomic E-state index is 12.8. The molecule has 0 spiro atoms. The molecule has 21 heavy (non-hydrogen) atoms. The fourth-order valence-corrected chi connectivity index (χ4v) is 2.42. The van der Waals surface area contributed by atoms with Crippen LogP contribution in [-0.2, 0) is 6.18 Å². The van der Waals surface area contributed by atoms with E-state index in [-0.39, 0.29) is 11.7 Å². The van der Waals surface area contributed by atoms with Gasteiger partial charge in [-0.15, -0.1) is 0 Å². The van der Waals surface area contributed by atoms with Crippen molar-refractivity contribution in [2.24, 2.45) is 0 Å². The zero-order chi connectivity index (χ0) is 15.6. The molecule has 2 nitrogen and oxygen atoms in total. The lowest BCUT2D eigenvalue weighted by molar-refractivity contribution is -0.136. The highest BCUT2D eigenvalue weighted by molar-refractivity contribution is 9.10. The molecule has 0 aromatic heterocycles. The Balaban J connectivity index is 2.24. The Bertz CT molecular complexity index is 641. The predicted molar refractivity (Wildman–Crippen MR) is 82.0 cm³/mol. The molecular weight excluding hydrogens is 345 g/mol. The van der Waals surface area contributed by atoms with Crippen LogP contribution in [0.1, 0.15) is 24.1 Å². The van der Waals surface area contributed by atoms with Gasteiger partial charge in [-0.3, -0.25) is 0 Å². The van der Waals surface area contributed by atoms with Crippen molar-refractivity contribution in [1.29, 1.82) is 0 Å². The molecule has 112 valence electrons. The zero-order valence-corrected chi connectivity index (χ0v) is 12.8. The number of rotatable bonds is 3. The Labute approximate surface area is 129 Å². The van der Waals surface area contributed by atoms with Crippen molar-refractivity contribution in [3.63, 3.8) is 0 Å². The Hall–Kier alpha value is -1.69. The van der Waals surface area contributed by atoms with Crippen molar-refractivity contribution in [3.05, 3.63) is 58.1 Å². The first-order valence-electron chi connectivity index (χ1n) is 6.26. The van der Waals surface area contributed by atoms with Crippen molar-refractivity contribution in [3.8, 4) is 0 Å². The van der Waals surface area contributed by atoms with E-state index in [4.69, 9.17) is 5.73 Å². The first kappa shape index (κ1) is 15.7. The number of hydrogen-bond donors (Lipinski definition) is 2. The number of anilines is 2. The number of halogens is 4. The second-order valence-electron chi connectivity index (χ2n) is 4.72. The predicted octanol–water partition coefficient (Wildman–Crippen LogP) is 5.22. The number of nitrogen functional groups attached to an aromatic ring is 1. The third kappa shape index (κ3) is 3.91. The highest BCUT2D eigenvalue weighted by Gasteiger charge is 2.33. The fourth-order valence-electron chi connectivity index (χ4n) is 2.00. The van der Waals surface area contributed by atoms with Crippen LogP contribution in [0.5, 0.6) is 0 Å². The molecule has 0 amide bonds. The largest absolute Gasteiger partial charge is 0.418 e. The van der Waals surface area contributed by atoms with Crippen LogP contribution >= 0.6 is 15.9 Å². The minimum Gasteiger partial charge on any atom is -0.398 e. The molecule has 1 atom stereocenters. The lowest BCUT2D eigenvalue weighted by Gasteiger charge is -2.18. The van der Waals surface area contributed by atoms with Crippen LogP contribution in [0.25, 0.3) is 0 Å². The van der Waals surface area contributed by atoms with Gasteiger partial charge in [0.1, 0.15) is 0 Å². The minimum absolute atomic E-state index is 0.132. The molecule has 0 bridgehead atoms. The van der Waals surface area contributed by atoms with Crippen LogP contribution < -0.4 is 11.1 Å². The maximum Gasteiger partial charge on any atom is 0.418 e. The summed E-state index contributed by atoms with van der Waals surface area (Å²) in [5.41, 5.74) is 5.63. The smallest absolute Gasteiger partial charge is 0.398 e. The lowest BCUT2D eigenvalue weighted by atomic mass is 10.1. The lowest BCUT2D eigenvalue weighted by Crippen LogP contribution is -2.11. The molecule has 0 aliphatic carbocycles. The molecule has 3 N–H and O–H groups in total. The number of alkyl halides is 3. The molecule has 0 radical (unpaired) electrons. The summed E-state index contributed by atoms with van der Waals surface area (Å²) >= 11 is 3.37. The van der Waals surface area contributed by atoms with Crippen molar-refractivity contribution in [2.45, 2.75) is 19.1 Å². The summed E-state index contributed by atoms with van der Waals surface area (Å²) in [6, 6.07) is 11.3. The molecule has 0 aliphatic heterocycles. The van der Waals surface area contributed by atoms with Gasteiger partial charge in [0, 0.05) is 21.9 Å². The van der Waals surface area contributed by atoms with E-state index in [0.29, 0.717) is 5.69 Å². The monoisotopic (exact) mass is 358 g/mol. The van der Waals surface area contributed by atoms with E-state index >= 15 is 0 Å². The molecule has 0 aliphatic rings. The standard InChI is InChI=1S/C15H14BrF3N2/c1-9(10-3-2-4-11(16)7-10)21-12-5-6-14(20)13(8-12)15(17,18)19/h2-9,21H,20H2,1H3. The van der Waals surface area contributed by atoms with Gasteiger partial charge in [0.05, 0.1) is 5.56 Å². The van der Waals surface area contributed by atoms with Crippen molar-refractivity contribution >= 4 is 27.3 Å². The van der Waals surface area contributed by atoms with Gasteiger partial charge in [0.25, 0.3) is 0 Å². The van der Waals surface area contributed by atoms with Crippen molar-refractivity contribution in [2.75, 3.05) is 11.1 Å². The molecule has 1 unspecified atom stereocenters. The molecule has 6 heteroatoms. The van der Waals surface area contributed by atoms with Gasteiger partial charge in [-0.2, -0.15) is 13.2 Å². The van der Waals surface area contributed by atoms with Gasteiger partial charge in [0.2, 0.25) is 0 Å². The zero-order valence-electron chi connectivity index (χ0n) is 11.2. The third-order valence-electron chi connectivity index (χ3n) is 3.09. The van der Waals surface area contributed by atoms with E-state index in [1.54, 1.807) is 6.07 Å². The van der Waals surface area contributed by atoms with Gasteiger partial charge < -0.3 is 11.1 Å². The number of benzene rings is 2. The number of hydrogen-bond acceptors (Lipinski definition) is 2. The molecule has 2 rings (SSSR count). The summed E-state index contributed by atoms with van der Waals surface area (Å²) in [6.45, 7) is 1.88. The average Bonchev–Trinajstić information content (AvgIpc) is 2.39. The first-order valence-corrected chi connectivity index (χ1v) is 7.05. The van der Waals surface area contributed by atoms with Gasteiger partial charge in [-0.25, -0.2) is 0 Å². The van der Waals surface area contributed by atoms with E-state index < -0.39 is 11.7 Å². The number of nitrogens with two attached hydrogens (primary N) is 1. The van der Waals surface area contributed by atoms with E-state index in [2.05, 4.69) is 21.2 Å². The third-order valence-corrected chi connectivity index (χ3v) is 3.58. The van der Waals surface area contributed by atoms with Gasteiger partial charge in [-0.1, -0.05) is 28.1 Å². The summed E-state index contributed by atoms with van der Waals surface area (Å²) in [6.07, 6.45) is -4.46. The second kappa shape index (κ2) is 5.97. The first-order chi connectivity index (χ1) is 9.77. The van der Waals surface area contributed by atoms with Crippen LogP contribution in [0.2, 0.25) is 0 Å². The summed E-state index contributed by atoms with van der Waals surface area (Å²) in [4.78, 5) is 0. The minimum atomic E-state index is -4.46. The quantitative estimate of drug-likeness (QED) is 0.737. The second-order valence-corrected chi connectivity index (χ2v) is 5.64. The van der Waals surface area contributed by atoms with Crippen molar-refractivity contribution in [1.82, 2.24) is 0 Å². The normalized spacial score (nSPS) is 13.0. The molecular formula is C15H14BrF3N2. The Morgan fingerprint density at radius 2 is 1.86 bits per heavy atom. The summed E-state index contributed by atoms with van der Waals surface area (Å²) in [5, 5.41) is 3.05. The topological polar surface area (TPSA) is 38.0 Å². The SMILES string of the molecule is CC(Nc1ccc(N)c(C(F)(F)F)c1)c1cccc(Br)c1. The Morgan fingerprint density at radius 1 is 1.14 bits per heavy atom. The molecule has 0 fully saturated rings. The number of nitrogens with one attached hydrogen (secondary N) is 1. The average molecular weight is 359 g/mol. The van der Waals surface area contributed by atoms with Crippen LogP contribution in [0, 0.1) is 0 Å². The van der Waals surface area contributed by atoms with Crippen LogP contribution in [0.4, 0.5) is 24.5 Å². The van der Waals surface area contributed by atoms with E-state index in [9.17, 15) is 13.2 Å². The van der Waals surface area contributed by atoms with Crippen LogP contribution in [-0.4, -0.2) is 0 Å². The summed E-state index contributed by atoms with van der Waals surface area (Å²) in [7, 11) is 0. The van der Waals surface area contributed by atoms with Crippen LogP contribution in [0.3, 0.4) is 0 Å². The van der Waals surface area contributed by atoms with E-state index in [0.717, 1.165) is 16.1 Å². The highest BCUT2D eigenvalue weighted by atomic mass is 79.9. The molecule has 2 aromatic carbocycles. The van der Waals surface area contributed by atoms with Gasteiger partial charge >= 0.3 is 6.18 Å². The van der Waals surface area contributed by atoms with Crippen molar-refractivity contribution < 1.29 is 13.2 Å². The highest BCUT2D eigenvalue weighted by Crippen LogP contribution is 2.35. The molecule has 0 saturated heterocycles. The van der Waals surface area contributed by atoms with E-state index in [1.165, 1.54) is 6.07 Å². The Kier molecular flexibility index (Phi) is 4.46. The van der Waals surface area contributed by atoms with Gasteiger partial charge in [-0.05, 0) is 42.8 Å². The van der Waals surface area contributed by atoms with E-state index in [1.807, 2.05) is 31.2 Å². The maximum atomic E-state index is 12.8. The summed E-state index contributed by atoms with van der Waals surface area (Å²) < 4.78 is 39.4.